The number of para-hydroxylation sites is 1. The van der Waals surface area contributed by atoms with E-state index in [4.69, 9.17) is 0 Å². The Labute approximate surface area is 199 Å². The lowest BCUT2D eigenvalue weighted by atomic mass is 10.0. The number of hydrogen-bond donors (Lipinski definition) is 2. The van der Waals surface area contributed by atoms with Gasteiger partial charge in [0, 0.05) is 56.1 Å². The lowest BCUT2D eigenvalue weighted by Crippen LogP contribution is -2.22. The van der Waals surface area contributed by atoms with Crippen molar-refractivity contribution in [3.8, 4) is 11.3 Å². The van der Waals surface area contributed by atoms with Crippen LogP contribution in [0.3, 0.4) is 0 Å². The van der Waals surface area contributed by atoms with Crippen molar-refractivity contribution >= 4 is 28.4 Å². The van der Waals surface area contributed by atoms with Crippen LogP contribution in [0.5, 0.6) is 0 Å². The topological polar surface area (TPSA) is 95.9 Å². The first-order valence-corrected chi connectivity index (χ1v) is 11.5. The molecular weight excluding hydrogens is 426 g/mol. The Bertz CT molecular complexity index is 1290. The van der Waals surface area contributed by atoms with Crippen molar-refractivity contribution < 1.29 is 4.79 Å². The van der Waals surface area contributed by atoms with E-state index in [1.165, 1.54) is 0 Å². The van der Waals surface area contributed by atoms with Crippen LogP contribution in [0.15, 0.2) is 61.2 Å². The number of pyridine rings is 2. The summed E-state index contributed by atoms with van der Waals surface area (Å²) in [5, 5.41) is 6.94. The maximum Gasteiger partial charge on any atom is 0.251 e. The third-order valence-electron chi connectivity index (χ3n) is 5.82. The molecule has 0 atom stereocenters. The van der Waals surface area contributed by atoms with Crippen molar-refractivity contribution in [2.45, 2.75) is 20.3 Å². The number of nitrogens with zero attached hydrogens (tertiary/aromatic N) is 5. The molecule has 3 heterocycles. The van der Waals surface area contributed by atoms with Crippen LogP contribution >= 0.6 is 0 Å². The van der Waals surface area contributed by atoms with E-state index in [9.17, 15) is 4.79 Å². The number of fused-ring (bicyclic) bond motifs is 1. The van der Waals surface area contributed by atoms with Crippen molar-refractivity contribution in [2.75, 3.05) is 36.9 Å². The van der Waals surface area contributed by atoms with E-state index >= 15 is 0 Å². The second-order valence-electron chi connectivity index (χ2n) is 7.79. The Morgan fingerprint density at radius 2 is 1.79 bits per heavy atom. The monoisotopic (exact) mass is 455 g/mol. The fraction of sp³-hybridized carbons (Fsp3) is 0.269. The van der Waals surface area contributed by atoms with Gasteiger partial charge in [-0.3, -0.25) is 9.78 Å². The smallest absolute Gasteiger partial charge is 0.251 e. The van der Waals surface area contributed by atoms with E-state index in [0.29, 0.717) is 12.1 Å². The number of rotatable bonds is 9. The number of amides is 1. The molecule has 0 saturated carbocycles. The summed E-state index contributed by atoms with van der Waals surface area (Å²) >= 11 is 0. The summed E-state index contributed by atoms with van der Waals surface area (Å²) < 4.78 is 0. The lowest BCUT2D eigenvalue weighted by Gasteiger charge is -2.20. The summed E-state index contributed by atoms with van der Waals surface area (Å²) in [5.74, 6) is 1.58. The average molecular weight is 456 g/mol. The zero-order valence-electron chi connectivity index (χ0n) is 19.7. The first kappa shape index (κ1) is 23.1. The van der Waals surface area contributed by atoms with Gasteiger partial charge in [0.25, 0.3) is 5.91 Å². The minimum Gasteiger partial charge on any atom is -0.370 e. The normalized spacial score (nSPS) is 10.8. The van der Waals surface area contributed by atoms with E-state index in [-0.39, 0.29) is 5.91 Å². The molecule has 0 fully saturated rings. The third-order valence-corrected chi connectivity index (χ3v) is 5.82. The summed E-state index contributed by atoms with van der Waals surface area (Å²) in [6.07, 6.45) is 5.81. The molecule has 0 saturated heterocycles. The molecule has 8 nitrogen and oxygen atoms in total. The first-order valence-electron chi connectivity index (χ1n) is 11.5. The van der Waals surface area contributed by atoms with Crippen LogP contribution < -0.4 is 15.5 Å². The van der Waals surface area contributed by atoms with Crippen LogP contribution in [0.1, 0.15) is 29.8 Å². The molecule has 0 aliphatic heterocycles. The molecule has 8 heteroatoms. The predicted octanol–water partition coefficient (Wildman–Crippen LogP) is 3.95. The second-order valence-corrected chi connectivity index (χ2v) is 7.79. The Hall–Kier alpha value is -4.07. The van der Waals surface area contributed by atoms with Gasteiger partial charge in [0.15, 0.2) is 0 Å². The first-order chi connectivity index (χ1) is 16.6. The van der Waals surface area contributed by atoms with E-state index in [1.807, 2.05) is 36.5 Å². The predicted molar refractivity (Wildman–Crippen MR) is 136 cm³/mol. The number of anilines is 2. The van der Waals surface area contributed by atoms with Crippen molar-refractivity contribution in [3.63, 3.8) is 0 Å². The molecule has 1 amide bonds. The van der Waals surface area contributed by atoms with Gasteiger partial charge in [-0.25, -0.2) is 15.0 Å². The molecule has 2 N–H and O–H groups in total. The molecule has 0 bridgehead atoms. The van der Waals surface area contributed by atoms with E-state index in [1.54, 1.807) is 25.6 Å². The maximum absolute atomic E-state index is 12.2. The highest BCUT2D eigenvalue weighted by molar-refractivity contribution is 6.06. The zero-order chi connectivity index (χ0) is 23.9. The van der Waals surface area contributed by atoms with Crippen LogP contribution in [0.4, 0.5) is 11.6 Å². The quantitative estimate of drug-likeness (QED) is 0.394. The van der Waals surface area contributed by atoms with Crippen LogP contribution in [-0.4, -0.2) is 52.5 Å². The van der Waals surface area contributed by atoms with E-state index in [0.717, 1.165) is 58.9 Å². The summed E-state index contributed by atoms with van der Waals surface area (Å²) in [4.78, 5) is 32.3. The number of nitrogens with one attached hydrogen (secondary N) is 2. The SMILES string of the molecule is CCN(CC)c1cc(-c2cc(NCCc3cccc4c(C(=O)NC)ccnc34)ncn2)ccn1. The molecule has 174 valence electrons. The van der Waals surface area contributed by atoms with Crippen LogP contribution in [0.2, 0.25) is 0 Å². The number of carbonyl (C=O) groups is 1. The van der Waals surface area contributed by atoms with Crippen molar-refractivity contribution in [1.29, 1.82) is 0 Å². The van der Waals surface area contributed by atoms with Gasteiger partial charge in [0.2, 0.25) is 0 Å². The van der Waals surface area contributed by atoms with Gasteiger partial charge in [-0.05, 0) is 44.0 Å². The summed E-state index contributed by atoms with van der Waals surface area (Å²) in [6, 6.07) is 13.7. The number of benzene rings is 1. The molecule has 34 heavy (non-hydrogen) atoms. The Kier molecular flexibility index (Phi) is 7.27. The summed E-state index contributed by atoms with van der Waals surface area (Å²) in [6.45, 7) is 6.71. The summed E-state index contributed by atoms with van der Waals surface area (Å²) in [7, 11) is 1.63. The highest BCUT2D eigenvalue weighted by atomic mass is 16.1. The highest BCUT2D eigenvalue weighted by Gasteiger charge is 2.12. The third kappa shape index (κ3) is 4.96. The molecule has 0 aliphatic rings. The summed E-state index contributed by atoms with van der Waals surface area (Å²) in [5.41, 5.74) is 4.39. The molecule has 0 radical (unpaired) electrons. The minimum absolute atomic E-state index is 0.114. The number of carbonyl (C=O) groups excluding carboxylic acids is 1. The van der Waals surface area contributed by atoms with Gasteiger partial charge < -0.3 is 15.5 Å². The molecular formula is C26H29N7O. The Morgan fingerprint density at radius 1 is 0.971 bits per heavy atom. The standard InChI is InChI=1S/C26H29N7O/c1-4-33(5-2)24-15-19(10-13-29-24)22-16-23(32-17-31-22)28-12-9-18-7-6-8-20-21(26(34)27-3)11-14-30-25(18)20/h6-8,10-11,13-17H,4-5,9,12H2,1-3H3,(H,27,34)(H,28,31,32). The molecule has 4 rings (SSSR count). The fourth-order valence-corrected chi connectivity index (χ4v) is 4.01. The van der Waals surface area contributed by atoms with Crippen molar-refractivity contribution in [1.82, 2.24) is 25.3 Å². The van der Waals surface area contributed by atoms with E-state index in [2.05, 4.69) is 55.4 Å². The van der Waals surface area contributed by atoms with Crippen LogP contribution in [-0.2, 0) is 6.42 Å². The van der Waals surface area contributed by atoms with Crippen LogP contribution in [0.25, 0.3) is 22.2 Å². The number of aromatic nitrogens is 4. The van der Waals surface area contributed by atoms with Crippen molar-refractivity contribution in [3.05, 3.63) is 72.3 Å². The fourth-order valence-electron chi connectivity index (χ4n) is 4.01. The van der Waals surface area contributed by atoms with Gasteiger partial charge in [0.05, 0.1) is 16.8 Å². The highest BCUT2D eigenvalue weighted by Crippen LogP contribution is 2.23. The zero-order valence-corrected chi connectivity index (χ0v) is 19.7. The Morgan fingerprint density at radius 3 is 2.59 bits per heavy atom. The van der Waals surface area contributed by atoms with E-state index < -0.39 is 0 Å². The molecule has 1 aromatic carbocycles. The molecule has 0 unspecified atom stereocenters. The molecule has 0 spiro atoms. The van der Waals surface area contributed by atoms with Gasteiger partial charge in [-0.1, -0.05) is 18.2 Å². The molecule has 4 aromatic rings. The van der Waals surface area contributed by atoms with Gasteiger partial charge >= 0.3 is 0 Å². The van der Waals surface area contributed by atoms with Crippen LogP contribution in [0, 0.1) is 0 Å². The van der Waals surface area contributed by atoms with Gasteiger partial charge in [-0.2, -0.15) is 0 Å². The van der Waals surface area contributed by atoms with Gasteiger partial charge in [-0.15, -0.1) is 0 Å². The maximum atomic E-state index is 12.2. The lowest BCUT2D eigenvalue weighted by molar-refractivity contribution is 0.0964. The Balaban J connectivity index is 1.49. The molecule has 0 aliphatic carbocycles. The number of hydrogen-bond acceptors (Lipinski definition) is 7. The second kappa shape index (κ2) is 10.7. The van der Waals surface area contributed by atoms with Crippen molar-refractivity contribution in [2.24, 2.45) is 0 Å². The average Bonchev–Trinajstić information content (AvgIpc) is 2.89. The minimum atomic E-state index is -0.114. The largest absolute Gasteiger partial charge is 0.370 e. The van der Waals surface area contributed by atoms with Gasteiger partial charge in [0.1, 0.15) is 18.0 Å². The molecule has 3 aromatic heterocycles.